The summed E-state index contributed by atoms with van der Waals surface area (Å²) < 4.78 is 11.6. The van der Waals surface area contributed by atoms with Crippen molar-refractivity contribution >= 4 is 33.0 Å². The third kappa shape index (κ3) is 3.61. The molecule has 3 aromatic rings. The average molecular weight is 384 g/mol. The Morgan fingerprint density at radius 3 is 1.25 bits per heavy atom. The van der Waals surface area contributed by atoms with Crippen LogP contribution in [0.25, 0.3) is 0 Å². The minimum Gasteiger partial charge on any atom is -0.497 e. The van der Waals surface area contributed by atoms with Crippen LogP contribution in [0.4, 0.5) is 17.1 Å². The van der Waals surface area contributed by atoms with Gasteiger partial charge in [-0.1, -0.05) is 20.8 Å². The third-order valence-electron chi connectivity index (χ3n) is 3.75. The summed E-state index contributed by atoms with van der Waals surface area (Å²) in [5.41, 5.74) is 3.19. The van der Waals surface area contributed by atoms with Gasteiger partial charge in [0.25, 0.3) is 0 Å². The number of hydrogen-bond acceptors (Lipinski definition) is 3. The van der Waals surface area contributed by atoms with Crippen molar-refractivity contribution in [3.05, 3.63) is 77.3 Å². The highest BCUT2D eigenvalue weighted by atomic mass is 79.9. The first-order valence-corrected chi connectivity index (χ1v) is 8.34. The van der Waals surface area contributed by atoms with E-state index in [9.17, 15) is 0 Å². The molecule has 3 nitrogen and oxygen atoms in total. The zero-order valence-electron chi connectivity index (χ0n) is 13.6. The average Bonchev–Trinajstić information content (AvgIpc) is 2.64. The van der Waals surface area contributed by atoms with E-state index in [4.69, 9.17) is 9.47 Å². The monoisotopic (exact) mass is 383 g/mol. The molecule has 0 bridgehead atoms. The molecule has 0 saturated carbocycles. The van der Waals surface area contributed by atoms with Gasteiger partial charge >= 0.3 is 0 Å². The molecule has 0 spiro atoms. The summed E-state index contributed by atoms with van der Waals surface area (Å²) in [6, 6.07) is 24.3. The van der Waals surface area contributed by atoms with Gasteiger partial charge in [-0.2, -0.15) is 0 Å². The molecule has 3 aromatic carbocycles. The summed E-state index contributed by atoms with van der Waals surface area (Å²) in [5.74, 6) is 1.67. The fourth-order valence-electron chi connectivity index (χ4n) is 2.50. The normalized spacial score (nSPS) is 10.7. The van der Waals surface area contributed by atoms with Gasteiger partial charge in [-0.25, -0.2) is 0 Å². The van der Waals surface area contributed by atoms with Gasteiger partial charge in [-0.05, 0) is 36.4 Å². The van der Waals surface area contributed by atoms with E-state index in [1.54, 1.807) is 14.2 Å². The molecule has 0 fully saturated rings. The zero-order valence-corrected chi connectivity index (χ0v) is 15.2. The molecule has 0 aliphatic heterocycles. The molecule has 24 heavy (non-hydrogen) atoms. The maximum atomic E-state index is 5.27. The lowest BCUT2D eigenvalue weighted by molar-refractivity contribution is 0.414. The molecule has 121 valence electrons. The van der Waals surface area contributed by atoms with Gasteiger partial charge in [0.1, 0.15) is 11.5 Å². The van der Waals surface area contributed by atoms with Crippen molar-refractivity contribution in [3.8, 4) is 11.5 Å². The minimum absolute atomic E-state index is 0.837. The van der Waals surface area contributed by atoms with Crippen molar-refractivity contribution in [1.29, 1.82) is 0 Å². The number of methoxy groups -OCH3 is 2. The number of anilines is 3. The lowest BCUT2D eigenvalue weighted by Gasteiger charge is -2.12. The van der Waals surface area contributed by atoms with Gasteiger partial charge < -0.3 is 9.47 Å². The Morgan fingerprint density at radius 2 is 0.917 bits per heavy atom. The lowest BCUT2D eigenvalue weighted by atomic mass is 10.2. The number of ether oxygens (including phenoxy) is 2. The Bertz CT molecular complexity index is 736. The Hall–Kier alpha value is -2.30. The number of halogens is 1. The van der Waals surface area contributed by atoms with Gasteiger partial charge in [0.05, 0.1) is 14.2 Å². The first-order valence-electron chi connectivity index (χ1n) is 7.55. The van der Waals surface area contributed by atoms with E-state index in [2.05, 4.69) is 33.0 Å². The quantitative estimate of drug-likeness (QED) is 0.512. The Morgan fingerprint density at radius 1 is 0.583 bits per heavy atom. The minimum atomic E-state index is 0.837. The topological polar surface area (TPSA) is 24.4 Å². The second-order valence-electron chi connectivity index (χ2n) is 5.21. The number of rotatable bonds is 5. The van der Waals surface area contributed by atoms with Crippen LogP contribution in [0.1, 0.15) is 0 Å². The van der Waals surface area contributed by atoms with Crippen LogP contribution in [0.3, 0.4) is 0 Å². The van der Waals surface area contributed by atoms with Crippen LogP contribution in [-0.2, 0) is 0 Å². The van der Waals surface area contributed by atoms with Crippen LogP contribution in [0.5, 0.6) is 11.5 Å². The molecule has 3 rings (SSSR count). The molecule has 0 aromatic heterocycles. The van der Waals surface area contributed by atoms with Crippen molar-refractivity contribution in [1.82, 2.24) is 4.90 Å². The first kappa shape index (κ1) is 16.6. The van der Waals surface area contributed by atoms with E-state index in [-0.39, 0.29) is 0 Å². The molecular weight excluding hydrogens is 366 g/mol. The molecule has 0 unspecified atom stereocenters. The molecule has 0 saturated heterocycles. The summed E-state index contributed by atoms with van der Waals surface area (Å²) in [5, 5.41) is 0. The van der Waals surface area contributed by atoms with Crippen LogP contribution >= 0.6 is 15.9 Å². The molecule has 4 heteroatoms. The number of benzene rings is 3. The van der Waals surface area contributed by atoms with Gasteiger partial charge in [0.15, 0.2) is 17.1 Å². The summed E-state index contributed by atoms with van der Waals surface area (Å²) >= 11 is 3.49. The Balaban J connectivity index is 2.06. The van der Waals surface area contributed by atoms with E-state index < -0.39 is 0 Å². The van der Waals surface area contributed by atoms with Crippen LogP contribution < -0.4 is 14.4 Å². The Kier molecular flexibility index (Phi) is 5.18. The van der Waals surface area contributed by atoms with Crippen LogP contribution in [0.15, 0.2) is 77.3 Å². The van der Waals surface area contributed by atoms with Crippen molar-refractivity contribution in [2.45, 2.75) is 0 Å². The zero-order chi connectivity index (χ0) is 16.9. The molecule has 1 radical (unpaired) electrons. The second-order valence-corrected chi connectivity index (χ2v) is 6.12. The highest BCUT2D eigenvalue weighted by Crippen LogP contribution is 2.35. The Labute approximate surface area is 150 Å². The number of nitrogens with zero attached hydrogens (tertiary/aromatic N) is 1. The highest BCUT2D eigenvalue weighted by Gasteiger charge is 2.25. The molecular formula is C20H18BrNO2+. The van der Waals surface area contributed by atoms with Crippen molar-refractivity contribution in [2.24, 2.45) is 0 Å². The maximum Gasteiger partial charge on any atom is 0.192 e. The van der Waals surface area contributed by atoms with Gasteiger partial charge in [0, 0.05) is 40.9 Å². The smallest absolute Gasteiger partial charge is 0.192 e. The standard InChI is InChI=1S/C20H18BrNO2/c1-23-19-11-7-17(8-12-19)22(16-5-3-15(21)4-6-16)18-9-13-20(24-2)14-10-18/h3-14H,1-2H3/q+1. The summed E-state index contributed by atoms with van der Waals surface area (Å²) in [6.45, 7) is 0. The van der Waals surface area contributed by atoms with Crippen molar-refractivity contribution < 1.29 is 9.47 Å². The molecule has 0 amide bonds. The maximum absolute atomic E-state index is 5.27. The largest absolute Gasteiger partial charge is 0.497 e. The van der Waals surface area contributed by atoms with Crippen LogP contribution in [0.2, 0.25) is 0 Å². The van der Waals surface area contributed by atoms with E-state index in [1.807, 2.05) is 60.7 Å². The van der Waals surface area contributed by atoms with Crippen molar-refractivity contribution in [3.63, 3.8) is 0 Å². The summed E-state index contributed by atoms with van der Waals surface area (Å²) in [6.07, 6.45) is 0. The van der Waals surface area contributed by atoms with Gasteiger partial charge in [-0.3, -0.25) is 0 Å². The molecule has 0 aliphatic carbocycles. The van der Waals surface area contributed by atoms with Crippen LogP contribution in [-0.4, -0.2) is 14.2 Å². The van der Waals surface area contributed by atoms with Crippen LogP contribution in [0, 0.1) is 0 Å². The molecule has 0 atom stereocenters. The molecule has 0 aliphatic rings. The lowest BCUT2D eigenvalue weighted by Crippen LogP contribution is -2.11. The second kappa shape index (κ2) is 7.51. The van der Waals surface area contributed by atoms with Crippen molar-refractivity contribution in [2.75, 3.05) is 14.2 Å². The summed E-state index contributed by atoms with van der Waals surface area (Å²) in [4.78, 5) is 2.19. The predicted molar refractivity (Wildman–Crippen MR) is 101 cm³/mol. The van der Waals surface area contributed by atoms with Gasteiger partial charge in [-0.15, -0.1) is 0 Å². The van der Waals surface area contributed by atoms with Gasteiger partial charge in [0.2, 0.25) is 0 Å². The third-order valence-corrected chi connectivity index (χ3v) is 4.27. The fraction of sp³-hybridized carbons (Fsp3) is 0.100. The van der Waals surface area contributed by atoms with E-state index in [1.165, 1.54) is 0 Å². The first-order chi connectivity index (χ1) is 11.7. The number of hydrogen-bond donors (Lipinski definition) is 0. The summed E-state index contributed by atoms with van der Waals surface area (Å²) in [7, 11) is 3.34. The predicted octanol–water partition coefficient (Wildman–Crippen LogP) is 5.90. The fourth-order valence-corrected chi connectivity index (χ4v) is 2.76. The highest BCUT2D eigenvalue weighted by molar-refractivity contribution is 9.10. The van der Waals surface area contributed by atoms with E-state index in [0.717, 1.165) is 33.0 Å². The van der Waals surface area contributed by atoms with E-state index in [0.29, 0.717) is 0 Å². The molecule has 0 N–H and O–H groups in total. The molecule has 0 heterocycles. The SMILES string of the molecule is COc1ccc([N+](c2ccc(Br)cc2)c2ccc(OC)cc2)cc1. The van der Waals surface area contributed by atoms with E-state index >= 15 is 0 Å².